The summed E-state index contributed by atoms with van der Waals surface area (Å²) in [6.07, 6.45) is -6.30. The van der Waals surface area contributed by atoms with Gasteiger partial charge in [-0.3, -0.25) is 18.3 Å². The number of nitrogen functional groups attached to an aromatic ring is 2. The van der Waals surface area contributed by atoms with E-state index in [0.29, 0.717) is 16.9 Å². The number of anilines is 2. The number of pyridine rings is 1. The SMILES string of the molecule is Nc1ccnc2c1ncn2[C@@H]1O[C@@H]2COP(=O)(O)CO[C@@H]3C(O)[C@@H](COP(=O)(O)CCO[C@@H]1C2O)O[C@H]3n1cnc2c(N)ncnc21. The van der Waals surface area contributed by atoms with Gasteiger partial charge in [0.25, 0.3) is 0 Å². The molecular formula is C24H31N9O12P2. The van der Waals surface area contributed by atoms with E-state index in [1.165, 1.54) is 34.3 Å². The molecule has 3 saturated heterocycles. The molecule has 0 saturated carbocycles. The Hall–Kier alpha value is -3.17. The van der Waals surface area contributed by atoms with Crippen LogP contribution in [0.2, 0.25) is 0 Å². The van der Waals surface area contributed by atoms with Crippen molar-refractivity contribution in [1.82, 2.24) is 34.1 Å². The Morgan fingerprint density at radius 3 is 2.06 bits per heavy atom. The lowest BCUT2D eigenvalue weighted by molar-refractivity contribution is -0.0684. The molecular weight excluding hydrogens is 668 g/mol. The number of rotatable bonds is 2. The highest BCUT2D eigenvalue weighted by molar-refractivity contribution is 7.53. The quantitative estimate of drug-likeness (QED) is 0.138. The minimum Gasteiger partial charge on any atom is -0.397 e. The second-order valence-corrected chi connectivity index (χ2v) is 14.9. The Morgan fingerprint density at radius 1 is 0.787 bits per heavy atom. The van der Waals surface area contributed by atoms with Gasteiger partial charge in [0.05, 0.1) is 44.3 Å². The minimum atomic E-state index is -4.57. The average molecular weight is 700 g/mol. The molecule has 4 unspecified atom stereocenters. The van der Waals surface area contributed by atoms with E-state index < -0.39 is 90.0 Å². The zero-order valence-electron chi connectivity index (χ0n) is 24.3. The van der Waals surface area contributed by atoms with E-state index >= 15 is 0 Å². The number of aliphatic hydroxyl groups excluding tert-OH is 2. The summed E-state index contributed by atoms with van der Waals surface area (Å²) in [5, 5.41) is 22.3. The van der Waals surface area contributed by atoms with Crippen LogP contribution in [-0.2, 0) is 37.1 Å². The van der Waals surface area contributed by atoms with E-state index in [9.17, 15) is 29.1 Å². The second-order valence-electron chi connectivity index (χ2n) is 11.1. The van der Waals surface area contributed by atoms with Gasteiger partial charge < -0.3 is 59.5 Å². The van der Waals surface area contributed by atoms with Crippen molar-refractivity contribution >= 4 is 49.0 Å². The van der Waals surface area contributed by atoms with Gasteiger partial charge in [-0.1, -0.05) is 0 Å². The normalized spacial score (nSPS) is 37.4. The van der Waals surface area contributed by atoms with Crippen LogP contribution in [-0.4, -0.2) is 123 Å². The third-order valence-electron chi connectivity index (χ3n) is 8.05. The fraction of sp³-hybridized carbons (Fsp3) is 0.542. The average Bonchev–Trinajstić information content (AvgIpc) is 3.79. The van der Waals surface area contributed by atoms with Crippen molar-refractivity contribution in [3.8, 4) is 0 Å². The summed E-state index contributed by atoms with van der Waals surface area (Å²) in [4.78, 5) is 42.1. The number of ether oxygens (including phenoxy) is 4. The molecule has 47 heavy (non-hydrogen) atoms. The van der Waals surface area contributed by atoms with Crippen molar-refractivity contribution in [1.29, 1.82) is 0 Å². The number of imidazole rings is 2. The molecule has 23 heteroatoms. The molecule has 0 amide bonds. The van der Waals surface area contributed by atoms with Crippen LogP contribution in [0, 0.1) is 0 Å². The van der Waals surface area contributed by atoms with E-state index in [1.807, 2.05) is 0 Å². The van der Waals surface area contributed by atoms with Crippen LogP contribution < -0.4 is 11.5 Å². The first-order chi connectivity index (χ1) is 22.4. The topological polar surface area (TPSA) is 297 Å². The molecule has 8 N–H and O–H groups in total. The van der Waals surface area contributed by atoms with Gasteiger partial charge in [0.2, 0.25) is 0 Å². The van der Waals surface area contributed by atoms with E-state index in [4.69, 9.17) is 39.5 Å². The van der Waals surface area contributed by atoms with Crippen LogP contribution in [0.15, 0.2) is 31.2 Å². The molecule has 4 aromatic rings. The molecule has 3 fully saturated rings. The van der Waals surface area contributed by atoms with Gasteiger partial charge in [-0.05, 0) is 6.07 Å². The minimum absolute atomic E-state index is 0.0743. The van der Waals surface area contributed by atoms with Gasteiger partial charge in [-0.25, -0.2) is 24.9 Å². The van der Waals surface area contributed by atoms with Gasteiger partial charge in [-0.15, -0.1) is 0 Å². The molecule has 0 spiro atoms. The Bertz CT molecular complexity index is 1880. The van der Waals surface area contributed by atoms with E-state index in [2.05, 4.69) is 24.9 Å². The van der Waals surface area contributed by atoms with Crippen LogP contribution in [0.25, 0.3) is 22.3 Å². The van der Waals surface area contributed by atoms with E-state index in [1.54, 1.807) is 6.07 Å². The fourth-order valence-corrected chi connectivity index (χ4v) is 7.34. The molecule has 10 atom stereocenters. The highest BCUT2D eigenvalue weighted by Gasteiger charge is 2.50. The van der Waals surface area contributed by atoms with Gasteiger partial charge in [0.15, 0.2) is 29.6 Å². The molecule has 254 valence electrons. The number of fused-ring (bicyclic) bond motifs is 6. The highest BCUT2D eigenvalue weighted by Crippen LogP contribution is 2.47. The maximum atomic E-state index is 13.2. The number of aromatic nitrogens is 7. The third kappa shape index (κ3) is 6.14. The molecule has 4 bridgehead atoms. The Kier molecular flexibility index (Phi) is 8.52. The summed E-state index contributed by atoms with van der Waals surface area (Å²) in [7, 11) is -8.93. The van der Waals surface area contributed by atoms with Crippen LogP contribution in [0.5, 0.6) is 0 Å². The van der Waals surface area contributed by atoms with Crippen molar-refractivity contribution in [3.05, 3.63) is 31.2 Å². The smallest absolute Gasteiger partial charge is 0.353 e. The summed E-state index contributed by atoms with van der Waals surface area (Å²) in [6, 6.07) is 1.56. The number of hydrogen-bond acceptors (Lipinski definition) is 17. The predicted molar refractivity (Wildman–Crippen MR) is 157 cm³/mol. The van der Waals surface area contributed by atoms with Crippen LogP contribution in [0.4, 0.5) is 11.5 Å². The molecule has 0 aromatic carbocycles. The van der Waals surface area contributed by atoms with Crippen molar-refractivity contribution in [2.75, 3.05) is 43.8 Å². The van der Waals surface area contributed by atoms with Crippen molar-refractivity contribution in [2.45, 2.75) is 49.1 Å². The van der Waals surface area contributed by atoms with E-state index in [0.717, 1.165) is 0 Å². The van der Waals surface area contributed by atoms with Crippen LogP contribution in [0.3, 0.4) is 0 Å². The lowest BCUT2D eigenvalue weighted by Crippen LogP contribution is -2.36. The number of nitrogens with zero attached hydrogens (tertiary/aromatic N) is 7. The molecule has 7 heterocycles. The summed E-state index contributed by atoms with van der Waals surface area (Å²) >= 11 is 0. The first kappa shape index (κ1) is 32.4. The van der Waals surface area contributed by atoms with Gasteiger partial charge >= 0.3 is 15.2 Å². The monoisotopic (exact) mass is 699 g/mol. The van der Waals surface area contributed by atoms with Gasteiger partial charge in [0.1, 0.15) is 60.3 Å². The first-order valence-corrected chi connectivity index (χ1v) is 17.8. The molecule has 0 radical (unpaired) electrons. The van der Waals surface area contributed by atoms with Crippen LogP contribution >= 0.6 is 15.2 Å². The van der Waals surface area contributed by atoms with Crippen molar-refractivity contribution in [2.24, 2.45) is 0 Å². The molecule has 3 aliphatic rings. The molecule has 7 rings (SSSR count). The highest BCUT2D eigenvalue weighted by atomic mass is 31.2. The lowest BCUT2D eigenvalue weighted by Gasteiger charge is -2.24. The largest absolute Gasteiger partial charge is 0.397 e. The Balaban J connectivity index is 1.17. The van der Waals surface area contributed by atoms with Gasteiger partial charge in [0, 0.05) is 6.20 Å². The predicted octanol–water partition coefficient (Wildman–Crippen LogP) is -0.902. The lowest BCUT2D eigenvalue weighted by atomic mass is 10.1. The molecule has 3 aliphatic heterocycles. The Morgan fingerprint density at radius 2 is 1.38 bits per heavy atom. The summed E-state index contributed by atoms with van der Waals surface area (Å²) in [5.41, 5.74) is 13.4. The maximum absolute atomic E-state index is 13.2. The van der Waals surface area contributed by atoms with Gasteiger partial charge in [-0.2, -0.15) is 0 Å². The number of nitrogens with two attached hydrogens (primary N) is 2. The summed E-state index contributed by atoms with van der Waals surface area (Å²) < 4.78 is 63.2. The number of aliphatic hydroxyl groups is 2. The first-order valence-electron chi connectivity index (χ1n) is 14.3. The van der Waals surface area contributed by atoms with Crippen molar-refractivity contribution < 1.29 is 57.1 Å². The molecule has 4 aromatic heterocycles. The number of hydrogen-bond donors (Lipinski definition) is 6. The molecule has 0 aliphatic carbocycles. The van der Waals surface area contributed by atoms with E-state index in [-0.39, 0.29) is 23.6 Å². The standard InChI is InChI=1S/C24H31N9O12P2/c25-11-1-2-27-21-14(11)30-8-32(21)23-18-16(34)13(44-23)6-43-47(38,39)10-41-19-17(35)12(5-42-46(36,37)4-3-40-18)45-24(19)33-9-31-15-20(26)28-7-29-22(15)33/h1-2,7-9,12-13,16-19,23-24,34-35H,3-6,10H2,(H2,25,27)(H,36,37)(H,38,39)(H2,26,28,29)/t12-,13-,16?,17?,18-,19-,23-,24-/m1/s1. The molecule has 21 nitrogen and oxygen atoms in total. The van der Waals surface area contributed by atoms with Crippen LogP contribution in [0.1, 0.15) is 12.5 Å². The second kappa shape index (κ2) is 12.4. The third-order valence-corrected chi connectivity index (χ3v) is 10.4. The summed E-state index contributed by atoms with van der Waals surface area (Å²) in [5.74, 6) is 0.0743. The zero-order chi connectivity index (χ0) is 33.1. The fourth-order valence-electron chi connectivity index (χ4n) is 5.68. The van der Waals surface area contributed by atoms with Crippen molar-refractivity contribution in [3.63, 3.8) is 0 Å². The summed E-state index contributed by atoms with van der Waals surface area (Å²) in [6.45, 7) is -1.54. The Labute approximate surface area is 264 Å². The maximum Gasteiger partial charge on any atom is 0.353 e. The zero-order valence-corrected chi connectivity index (χ0v) is 26.1.